The molecule has 0 saturated heterocycles. The Morgan fingerprint density at radius 3 is 2.87 bits per heavy atom. The van der Waals surface area contributed by atoms with Crippen LogP contribution in [0, 0.1) is 6.92 Å². The topological polar surface area (TPSA) is 81.2 Å². The summed E-state index contributed by atoms with van der Waals surface area (Å²) in [5.74, 6) is 0.508. The van der Waals surface area contributed by atoms with Gasteiger partial charge in [0.05, 0.1) is 5.39 Å². The van der Waals surface area contributed by atoms with Gasteiger partial charge in [-0.2, -0.15) is 0 Å². The van der Waals surface area contributed by atoms with E-state index in [1.54, 1.807) is 25.1 Å². The number of benzene rings is 1. The monoisotopic (exact) mass is 311 g/mol. The number of aromatic nitrogens is 2. The summed E-state index contributed by atoms with van der Waals surface area (Å²) in [7, 11) is 0. The molecule has 2 aromatic heterocycles. The maximum Gasteiger partial charge on any atom is 0.251 e. The number of fused-ring (bicyclic) bond motifs is 1. The van der Waals surface area contributed by atoms with E-state index in [9.17, 15) is 4.79 Å². The van der Waals surface area contributed by atoms with Gasteiger partial charge in [0.25, 0.3) is 5.91 Å². The van der Waals surface area contributed by atoms with Crippen molar-refractivity contribution >= 4 is 16.9 Å². The molecule has 0 bridgehead atoms. The predicted molar refractivity (Wildman–Crippen MR) is 84.0 cm³/mol. The van der Waals surface area contributed by atoms with Crippen molar-refractivity contribution in [3.05, 3.63) is 35.9 Å². The largest absolute Gasteiger partial charge is 0.449 e. The van der Waals surface area contributed by atoms with Crippen LogP contribution in [0.1, 0.15) is 41.9 Å². The minimum absolute atomic E-state index is 0.0534. The van der Waals surface area contributed by atoms with E-state index in [1.807, 2.05) is 0 Å². The van der Waals surface area contributed by atoms with Crippen LogP contribution in [0.3, 0.4) is 0 Å². The number of carbonyl (C=O) groups excluding carboxylic acids is 1. The van der Waals surface area contributed by atoms with Crippen molar-refractivity contribution in [3.63, 3.8) is 0 Å². The second-order valence-corrected chi connectivity index (χ2v) is 5.95. The number of hydrogen-bond acceptors (Lipinski definition) is 5. The minimum atomic E-state index is -0.0534. The molecule has 1 aromatic carbocycles. The number of oxazole rings is 1. The molecular weight excluding hydrogens is 294 g/mol. The van der Waals surface area contributed by atoms with E-state index in [0.717, 1.165) is 18.2 Å². The minimum Gasteiger partial charge on any atom is -0.449 e. The third kappa shape index (κ3) is 2.60. The van der Waals surface area contributed by atoms with E-state index in [0.29, 0.717) is 34.5 Å². The molecule has 0 aliphatic heterocycles. The van der Waals surface area contributed by atoms with Gasteiger partial charge in [-0.05, 0) is 31.0 Å². The molecular formula is C17H17N3O3. The van der Waals surface area contributed by atoms with Crippen LogP contribution in [-0.2, 0) is 0 Å². The van der Waals surface area contributed by atoms with E-state index in [1.165, 1.54) is 19.1 Å². The van der Waals surface area contributed by atoms with E-state index >= 15 is 0 Å². The van der Waals surface area contributed by atoms with Gasteiger partial charge in [0.2, 0.25) is 0 Å². The Morgan fingerprint density at radius 2 is 2.13 bits per heavy atom. The van der Waals surface area contributed by atoms with Gasteiger partial charge in [-0.1, -0.05) is 18.0 Å². The molecule has 1 fully saturated rings. The lowest BCUT2D eigenvalue weighted by molar-refractivity contribution is 0.0938. The Morgan fingerprint density at radius 1 is 1.30 bits per heavy atom. The number of nitrogens with zero attached hydrogens (tertiary/aromatic N) is 2. The van der Waals surface area contributed by atoms with Crippen LogP contribution in [-0.4, -0.2) is 22.1 Å². The number of aryl methyl sites for hydroxylation is 1. The lowest BCUT2D eigenvalue weighted by atomic mass is 10.1. The number of amides is 1. The third-order valence-corrected chi connectivity index (χ3v) is 4.28. The Labute approximate surface area is 132 Å². The molecule has 0 unspecified atom stereocenters. The van der Waals surface area contributed by atoms with Crippen LogP contribution < -0.4 is 5.32 Å². The molecule has 23 heavy (non-hydrogen) atoms. The zero-order valence-electron chi connectivity index (χ0n) is 12.8. The van der Waals surface area contributed by atoms with Crippen LogP contribution in [0.5, 0.6) is 0 Å². The lowest BCUT2D eigenvalue weighted by Crippen LogP contribution is -2.32. The molecule has 3 aromatic rings. The Hall–Kier alpha value is -2.63. The number of hydrogen-bond donors (Lipinski definition) is 1. The zero-order chi connectivity index (χ0) is 15.8. The van der Waals surface area contributed by atoms with Gasteiger partial charge < -0.3 is 14.3 Å². The predicted octanol–water partition coefficient (Wildman–Crippen LogP) is 3.46. The lowest BCUT2D eigenvalue weighted by Gasteiger charge is -2.11. The van der Waals surface area contributed by atoms with Crippen LogP contribution in [0.4, 0.5) is 0 Å². The summed E-state index contributed by atoms with van der Waals surface area (Å²) in [5.41, 5.74) is 2.43. The fourth-order valence-electron chi connectivity index (χ4n) is 3.08. The van der Waals surface area contributed by atoms with Crippen molar-refractivity contribution in [2.45, 2.75) is 38.6 Å². The smallest absolute Gasteiger partial charge is 0.251 e. The Bertz CT molecular complexity index is 859. The fraction of sp³-hybridized carbons (Fsp3) is 0.353. The van der Waals surface area contributed by atoms with Crippen LogP contribution in [0.15, 0.2) is 33.4 Å². The van der Waals surface area contributed by atoms with E-state index in [2.05, 4.69) is 15.5 Å². The molecule has 1 saturated carbocycles. The molecule has 1 aliphatic rings. The quantitative estimate of drug-likeness (QED) is 0.801. The van der Waals surface area contributed by atoms with Gasteiger partial charge >= 0.3 is 0 Å². The second-order valence-electron chi connectivity index (χ2n) is 5.95. The highest BCUT2D eigenvalue weighted by atomic mass is 16.5. The second kappa shape index (κ2) is 5.53. The summed E-state index contributed by atoms with van der Waals surface area (Å²) in [5, 5.41) is 7.91. The molecule has 1 N–H and O–H groups in total. The van der Waals surface area contributed by atoms with Gasteiger partial charge in [0, 0.05) is 18.5 Å². The highest BCUT2D eigenvalue weighted by Crippen LogP contribution is 2.28. The standard InChI is InChI=1S/C17H17N3O3/c1-10-18-14(9-22-10)16-13-8-11(6-7-15(13)23-20-16)17(21)19-12-4-2-3-5-12/h6-9,12H,2-5H2,1H3,(H,19,21). The molecule has 2 heterocycles. The normalized spacial score (nSPS) is 15.3. The van der Waals surface area contributed by atoms with E-state index < -0.39 is 0 Å². The molecule has 6 heteroatoms. The van der Waals surface area contributed by atoms with Gasteiger partial charge in [-0.25, -0.2) is 4.98 Å². The van der Waals surface area contributed by atoms with Crippen molar-refractivity contribution < 1.29 is 13.7 Å². The van der Waals surface area contributed by atoms with Crippen molar-refractivity contribution in [2.24, 2.45) is 0 Å². The maximum absolute atomic E-state index is 12.4. The average molecular weight is 311 g/mol. The number of nitrogens with one attached hydrogen (secondary N) is 1. The highest BCUT2D eigenvalue weighted by molar-refractivity contribution is 6.00. The Kier molecular flexibility index (Phi) is 3.37. The van der Waals surface area contributed by atoms with Gasteiger partial charge in [-0.15, -0.1) is 0 Å². The van der Waals surface area contributed by atoms with Crippen LogP contribution in [0.2, 0.25) is 0 Å². The van der Waals surface area contributed by atoms with E-state index in [-0.39, 0.29) is 5.91 Å². The molecule has 6 nitrogen and oxygen atoms in total. The summed E-state index contributed by atoms with van der Waals surface area (Å²) in [6, 6.07) is 5.62. The van der Waals surface area contributed by atoms with Crippen molar-refractivity contribution in [1.29, 1.82) is 0 Å². The SMILES string of the molecule is Cc1nc(-c2noc3ccc(C(=O)NC4CCCC4)cc23)co1. The molecule has 1 aliphatic carbocycles. The zero-order valence-corrected chi connectivity index (χ0v) is 12.8. The summed E-state index contributed by atoms with van der Waals surface area (Å²) in [6.45, 7) is 1.77. The molecule has 118 valence electrons. The highest BCUT2D eigenvalue weighted by Gasteiger charge is 2.20. The van der Waals surface area contributed by atoms with Crippen LogP contribution >= 0.6 is 0 Å². The summed E-state index contributed by atoms with van der Waals surface area (Å²) < 4.78 is 10.5. The first kappa shape index (κ1) is 14.0. The molecule has 0 radical (unpaired) electrons. The van der Waals surface area contributed by atoms with Gasteiger partial charge in [0.1, 0.15) is 17.7 Å². The van der Waals surface area contributed by atoms with Crippen LogP contribution in [0.25, 0.3) is 22.4 Å². The van der Waals surface area contributed by atoms with Gasteiger partial charge in [-0.3, -0.25) is 4.79 Å². The summed E-state index contributed by atoms with van der Waals surface area (Å²) in [4.78, 5) is 16.7. The third-order valence-electron chi connectivity index (χ3n) is 4.28. The van der Waals surface area contributed by atoms with Crippen molar-refractivity contribution in [3.8, 4) is 11.4 Å². The van der Waals surface area contributed by atoms with Gasteiger partial charge in [0.15, 0.2) is 11.5 Å². The maximum atomic E-state index is 12.4. The first-order chi connectivity index (χ1) is 11.2. The molecule has 4 rings (SSSR count). The Balaban J connectivity index is 1.67. The van der Waals surface area contributed by atoms with Crippen molar-refractivity contribution in [2.75, 3.05) is 0 Å². The molecule has 1 amide bonds. The number of carbonyl (C=O) groups is 1. The number of rotatable bonds is 3. The summed E-state index contributed by atoms with van der Waals surface area (Å²) in [6.07, 6.45) is 6.03. The molecule has 0 spiro atoms. The molecule has 0 atom stereocenters. The summed E-state index contributed by atoms with van der Waals surface area (Å²) >= 11 is 0. The first-order valence-corrected chi connectivity index (χ1v) is 7.83. The fourth-order valence-corrected chi connectivity index (χ4v) is 3.08. The van der Waals surface area contributed by atoms with Crippen molar-refractivity contribution in [1.82, 2.24) is 15.5 Å². The first-order valence-electron chi connectivity index (χ1n) is 7.83. The average Bonchev–Trinajstić information content (AvgIpc) is 3.26. The van der Waals surface area contributed by atoms with E-state index in [4.69, 9.17) is 8.94 Å².